The van der Waals surface area contributed by atoms with Crippen LogP contribution in [0.15, 0.2) is 12.1 Å². The van der Waals surface area contributed by atoms with Gasteiger partial charge in [0.25, 0.3) is 0 Å². The predicted molar refractivity (Wildman–Crippen MR) is 64.6 cm³/mol. The Morgan fingerprint density at radius 1 is 1.11 bits per heavy atom. The smallest absolute Gasteiger partial charge is 0.190 e. The van der Waals surface area contributed by atoms with Crippen molar-refractivity contribution >= 4 is 6.29 Å². The number of methoxy groups -OCH3 is 1. The van der Waals surface area contributed by atoms with E-state index in [1.165, 1.54) is 0 Å². The number of hydrogen-bond acceptors (Lipinski definition) is 4. The second-order valence-corrected chi connectivity index (χ2v) is 3.74. The highest BCUT2D eigenvalue weighted by molar-refractivity contribution is 5.75. The van der Waals surface area contributed by atoms with Gasteiger partial charge >= 0.3 is 0 Å². The van der Waals surface area contributed by atoms with Gasteiger partial charge < -0.3 is 14.2 Å². The topological polar surface area (TPSA) is 44.8 Å². The summed E-state index contributed by atoms with van der Waals surface area (Å²) in [6, 6.07) is 1.86. The molecule has 0 bridgehead atoms. The SMILES string of the molecule is COCCOCCCOc1c(F)cc(C=O)cc1F. The summed E-state index contributed by atoms with van der Waals surface area (Å²) in [6.45, 7) is 1.50. The van der Waals surface area contributed by atoms with Crippen LogP contribution in [0.2, 0.25) is 0 Å². The number of ether oxygens (including phenoxy) is 3. The van der Waals surface area contributed by atoms with Gasteiger partial charge in [-0.2, -0.15) is 0 Å². The van der Waals surface area contributed by atoms with E-state index in [-0.39, 0.29) is 12.2 Å². The van der Waals surface area contributed by atoms with Crippen LogP contribution in [0, 0.1) is 11.6 Å². The fourth-order valence-electron chi connectivity index (χ4n) is 1.36. The molecule has 1 aromatic carbocycles. The van der Waals surface area contributed by atoms with Crippen molar-refractivity contribution in [3.05, 3.63) is 29.3 Å². The number of rotatable bonds is 9. The van der Waals surface area contributed by atoms with Crippen molar-refractivity contribution in [2.45, 2.75) is 6.42 Å². The fourth-order valence-corrected chi connectivity index (χ4v) is 1.36. The molecule has 0 amide bonds. The maximum atomic E-state index is 13.4. The van der Waals surface area contributed by atoms with Crippen LogP contribution in [-0.2, 0) is 9.47 Å². The van der Waals surface area contributed by atoms with Gasteiger partial charge in [0.2, 0.25) is 0 Å². The summed E-state index contributed by atoms with van der Waals surface area (Å²) in [5, 5.41) is 0. The molecule has 0 radical (unpaired) electrons. The fraction of sp³-hybridized carbons (Fsp3) is 0.462. The number of halogens is 2. The maximum Gasteiger partial charge on any atom is 0.190 e. The average molecular weight is 274 g/mol. The quantitative estimate of drug-likeness (QED) is 0.511. The molecule has 0 aliphatic rings. The summed E-state index contributed by atoms with van der Waals surface area (Å²) in [5.74, 6) is -2.24. The van der Waals surface area contributed by atoms with E-state index in [9.17, 15) is 13.6 Å². The molecule has 19 heavy (non-hydrogen) atoms. The van der Waals surface area contributed by atoms with Crippen molar-refractivity contribution in [1.82, 2.24) is 0 Å². The first-order valence-corrected chi connectivity index (χ1v) is 5.82. The van der Waals surface area contributed by atoms with Gasteiger partial charge in [0.05, 0.1) is 19.8 Å². The molecule has 0 aliphatic heterocycles. The Morgan fingerprint density at radius 2 is 1.79 bits per heavy atom. The van der Waals surface area contributed by atoms with E-state index in [1.54, 1.807) is 7.11 Å². The molecule has 0 aromatic heterocycles. The highest BCUT2D eigenvalue weighted by Crippen LogP contribution is 2.22. The number of aldehydes is 1. The van der Waals surface area contributed by atoms with Crippen LogP contribution in [0.4, 0.5) is 8.78 Å². The Morgan fingerprint density at radius 3 is 2.37 bits per heavy atom. The van der Waals surface area contributed by atoms with Crippen LogP contribution in [0.5, 0.6) is 5.75 Å². The molecule has 4 nitrogen and oxygen atoms in total. The average Bonchev–Trinajstić information content (AvgIpc) is 2.40. The summed E-state index contributed by atoms with van der Waals surface area (Å²) in [7, 11) is 1.57. The summed E-state index contributed by atoms with van der Waals surface area (Å²) in [4.78, 5) is 10.4. The van der Waals surface area contributed by atoms with Crippen molar-refractivity contribution < 1.29 is 27.8 Å². The van der Waals surface area contributed by atoms with Crippen LogP contribution in [0.25, 0.3) is 0 Å². The second-order valence-electron chi connectivity index (χ2n) is 3.74. The normalized spacial score (nSPS) is 10.5. The molecule has 0 heterocycles. The van der Waals surface area contributed by atoms with E-state index < -0.39 is 17.4 Å². The van der Waals surface area contributed by atoms with Crippen LogP contribution in [0.1, 0.15) is 16.8 Å². The minimum absolute atomic E-state index is 0.0646. The van der Waals surface area contributed by atoms with E-state index in [2.05, 4.69) is 0 Å². The molecule has 0 fully saturated rings. The molecule has 0 saturated heterocycles. The Balaban J connectivity index is 2.35. The molecule has 1 aromatic rings. The lowest BCUT2D eigenvalue weighted by molar-refractivity contribution is 0.0640. The highest BCUT2D eigenvalue weighted by atomic mass is 19.1. The number of carbonyl (C=O) groups is 1. The zero-order chi connectivity index (χ0) is 14.1. The summed E-state index contributed by atoms with van der Waals surface area (Å²) >= 11 is 0. The minimum Gasteiger partial charge on any atom is -0.488 e. The van der Waals surface area contributed by atoms with Crippen molar-refractivity contribution in [3.8, 4) is 5.75 Å². The second kappa shape index (κ2) is 8.55. The summed E-state index contributed by atoms with van der Waals surface area (Å²) < 4.78 is 41.8. The van der Waals surface area contributed by atoms with Crippen LogP contribution >= 0.6 is 0 Å². The summed E-state index contributed by atoms with van der Waals surface area (Å²) in [5.41, 5.74) is -0.0646. The van der Waals surface area contributed by atoms with E-state index in [0.29, 0.717) is 32.5 Å². The lowest BCUT2D eigenvalue weighted by atomic mass is 10.2. The Kier molecular flexibility index (Phi) is 6.99. The molecular formula is C13H16F2O4. The van der Waals surface area contributed by atoms with E-state index >= 15 is 0 Å². The van der Waals surface area contributed by atoms with Gasteiger partial charge in [0, 0.05) is 25.7 Å². The lowest BCUT2D eigenvalue weighted by Crippen LogP contribution is -2.08. The molecule has 1 rings (SSSR count). The Bertz CT molecular complexity index is 387. The van der Waals surface area contributed by atoms with Crippen molar-refractivity contribution in [3.63, 3.8) is 0 Å². The predicted octanol–water partition coefficient (Wildman–Crippen LogP) is 2.21. The molecule has 0 saturated carbocycles. The van der Waals surface area contributed by atoms with Crippen molar-refractivity contribution in [2.24, 2.45) is 0 Å². The van der Waals surface area contributed by atoms with Crippen molar-refractivity contribution in [2.75, 3.05) is 33.5 Å². The monoisotopic (exact) mass is 274 g/mol. The zero-order valence-corrected chi connectivity index (χ0v) is 10.7. The Hall–Kier alpha value is -1.53. The highest BCUT2D eigenvalue weighted by Gasteiger charge is 2.12. The molecule has 6 heteroatoms. The number of carbonyl (C=O) groups excluding carboxylic acids is 1. The molecular weight excluding hydrogens is 258 g/mol. The van der Waals surface area contributed by atoms with Gasteiger partial charge in [0.15, 0.2) is 17.4 Å². The van der Waals surface area contributed by atoms with Gasteiger partial charge in [-0.05, 0) is 12.1 Å². The van der Waals surface area contributed by atoms with Gasteiger partial charge in [-0.25, -0.2) is 8.78 Å². The van der Waals surface area contributed by atoms with Gasteiger partial charge in [0.1, 0.15) is 6.29 Å². The summed E-state index contributed by atoms with van der Waals surface area (Å²) in [6.07, 6.45) is 0.873. The minimum atomic E-state index is -0.887. The van der Waals surface area contributed by atoms with Gasteiger partial charge in [-0.3, -0.25) is 4.79 Å². The Labute approximate surface area is 110 Å². The van der Waals surface area contributed by atoms with E-state index in [1.807, 2.05) is 0 Å². The standard InChI is InChI=1S/C13H16F2O4/c1-17-5-6-18-3-2-4-19-13-11(14)7-10(9-16)8-12(13)15/h7-9H,2-6H2,1H3. The van der Waals surface area contributed by atoms with E-state index in [4.69, 9.17) is 14.2 Å². The third-order valence-corrected chi connectivity index (χ3v) is 2.27. The van der Waals surface area contributed by atoms with Crippen molar-refractivity contribution in [1.29, 1.82) is 0 Å². The maximum absolute atomic E-state index is 13.4. The third-order valence-electron chi connectivity index (χ3n) is 2.27. The van der Waals surface area contributed by atoms with Crippen LogP contribution in [-0.4, -0.2) is 39.8 Å². The van der Waals surface area contributed by atoms with E-state index in [0.717, 1.165) is 12.1 Å². The number of benzene rings is 1. The third kappa shape index (κ3) is 5.32. The first-order chi connectivity index (χ1) is 9.19. The zero-order valence-electron chi connectivity index (χ0n) is 10.7. The van der Waals surface area contributed by atoms with Gasteiger partial charge in [-0.15, -0.1) is 0 Å². The van der Waals surface area contributed by atoms with Crippen LogP contribution < -0.4 is 4.74 Å². The molecule has 0 N–H and O–H groups in total. The molecule has 0 atom stereocenters. The number of hydrogen-bond donors (Lipinski definition) is 0. The lowest BCUT2D eigenvalue weighted by Gasteiger charge is -2.09. The molecule has 0 unspecified atom stereocenters. The largest absolute Gasteiger partial charge is 0.488 e. The first kappa shape index (κ1) is 15.5. The molecule has 106 valence electrons. The first-order valence-electron chi connectivity index (χ1n) is 5.82. The van der Waals surface area contributed by atoms with Crippen LogP contribution in [0.3, 0.4) is 0 Å². The molecule has 0 aliphatic carbocycles. The van der Waals surface area contributed by atoms with Gasteiger partial charge in [-0.1, -0.05) is 0 Å². The molecule has 0 spiro atoms.